The molecule has 0 atom stereocenters. The van der Waals surface area contributed by atoms with Gasteiger partial charge in [0.05, 0.1) is 0 Å². The van der Waals surface area contributed by atoms with E-state index in [1.165, 1.54) is 5.57 Å². The van der Waals surface area contributed by atoms with Crippen LogP contribution in [0, 0.1) is 0 Å². The molecule has 0 saturated heterocycles. The van der Waals surface area contributed by atoms with Crippen LogP contribution in [0.15, 0.2) is 42.0 Å². The molecule has 1 aliphatic heterocycles. The van der Waals surface area contributed by atoms with Crippen molar-refractivity contribution < 1.29 is 9.53 Å². The first-order valence-corrected chi connectivity index (χ1v) is 5.87. The van der Waals surface area contributed by atoms with E-state index in [4.69, 9.17) is 4.74 Å². The number of carbonyl (C=O) groups is 1. The van der Waals surface area contributed by atoms with Crippen molar-refractivity contribution in [2.75, 3.05) is 13.1 Å². The molecule has 0 aromatic heterocycles. The molecule has 1 aromatic rings. The molecule has 1 aromatic carbocycles. The summed E-state index contributed by atoms with van der Waals surface area (Å²) in [7, 11) is 0. The summed E-state index contributed by atoms with van der Waals surface area (Å²) in [5, 5.41) is 0. The molecule has 3 heteroatoms. The molecule has 0 radical (unpaired) electrons. The van der Waals surface area contributed by atoms with E-state index in [2.05, 4.69) is 13.0 Å². The second-order valence-corrected chi connectivity index (χ2v) is 4.29. The smallest absolute Gasteiger partial charge is 0.410 e. The molecule has 0 N–H and O–H groups in total. The Labute approximate surface area is 102 Å². The van der Waals surface area contributed by atoms with Gasteiger partial charge in [0.15, 0.2) is 0 Å². The van der Waals surface area contributed by atoms with Gasteiger partial charge in [-0.05, 0) is 18.9 Å². The number of carbonyl (C=O) groups excluding carboxylic acids is 1. The molecule has 1 aliphatic rings. The zero-order valence-electron chi connectivity index (χ0n) is 10.1. The molecule has 0 bridgehead atoms. The van der Waals surface area contributed by atoms with Crippen LogP contribution >= 0.6 is 0 Å². The molecule has 0 fully saturated rings. The van der Waals surface area contributed by atoms with Crippen molar-refractivity contribution in [3.63, 3.8) is 0 Å². The summed E-state index contributed by atoms with van der Waals surface area (Å²) in [5.41, 5.74) is 2.36. The summed E-state index contributed by atoms with van der Waals surface area (Å²) in [6, 6.07) is 9.73. The highest BCUT2D eigenvalue weighted by atomic mass is 16.6. The lowest BCUT2D eigenvalue weighted by Crippen LogP contribution is -2.34. The predicted molar refractivity (Wildman–Crippen MR) is 66.6 cm³/mol. The molecular formula is C14H17NO2. The van der Waals surface area contributed by atoms with Crippen LogP contribution in [0.2, 0.25) is 0 Å². The van der Waals surface area contributed by atoms with E-state index in [9.17, 15) is 4.79 Å². The lowest BCUT2D eigenvalue weighted by Gasteiger charge is -2.24. The molecule has 17 heavy (non-hydrogen) atoms. The fourth-order valence-corrected chi connectivity index (χ4v) is 1.75. The van der Waals surface area contributed by atoms with Crippen molar-refractivity contribution in [2.45, 2.75) is 20.0 Å². The number of ether oxygens (including phenoxy) is 1. The second-order valence-electron chi connectivity index (χ2n) is 4.29. The minimum atomic E-state index is -0.224. The zero-order chi connectivity index (χ0) is 12.1. The third-order valence-electron chi connectivity index (χ3n) is 2.90. The quantitative estimate of drug-likeness (QED) is 0.732. The van der Waals surface area contributed by atoms with Gasteiger partial charge in [-0.25, -0.2) is 4.79 Å². The van der Waals surface area contributed by atoms with E-state index < -0.39 is 0 Å². The number of nitrogens with zero attached hydrogens (tertiary/aromatic N) is 1. The zero-order valence-corrected chi connectivity index (χ0v) is 10.1. The minimum absolute atomic E-state index is 0.224. The van der Waals surface area contributed by atoms with Crippen molar-refractivity contribution in [1.82, 2.24) is 4.90 Å². The van der Waals surface area contributed by atoms with E-state index >= 15 is 0 Å². The van der Waals surface area contributed by atoms with Crippen LogP contribution in [0.5, 0.6) is 0 Å². The summed E-state index contributed by atoms with van der Waals surface area (Å²) in [5.74, 6) is 0. The van der Waals surface area contributed by atoms with Crippen LogP contribution < -0.4 is 0 Å². The third kappa shape index (κ3) is 3.34. The lowest BCUT2D eigenvalue weighted by molar-refractivity contribution is 0.0990. The number of hydrogen-bond acceptors (Lipinski definition) is 2. The van der Waals surface area contributed by atoms with Crippen molar-refractivity contribution in [1.29, 1.82) is 0 Å². The molecule has 0 aliphatic carbocycles. The van der Waals surface area contributed by atoms with Gasteiger partial charge in [-0.3, -0.25) is 0 Å². The van der Waals surface area contributed by atoms with Crippen LogP contribution in [-0.2, 0) is 11.3 Å². The number of hydrogen-bond donors (Lipinski definition) is 0. The van der Waals surface area contributed by atoms with Gasteiger partial charge < -0.3 is 9.64 Å². The van der Waals surface area contributed by atoms with Crippen molar-refractivity contribution in [2.24, 2.45) is 0 Å². The van der Waals surface area contributed by atoms with Crippen molar-refractivity contribution >= 4 is 6.09 Å². The Hall–Kier alpha value is -1.77. The Morgan fingerprint density at radius 2 is 2.12 bits per heavy atom. The Bertz CT molecular complexity index is 411. The molecule has 0 spiro atoms. The maximum Gasteiger partial charge on any atom is 0.410 e. The normalized spacial score (nSPS) is 15.4. The highest BCUT2D eigenvalue weighted by molar-refractivity contribution is 5.68. The van der Waals surface area contributed by atoms with E-state index in [1.807, 2.05) is 30.3 Å². The van der Waals surface area contributed by atoms with Gasteiger partial charge in [-0.2, -0.15) is 0 Å². The topological polar surface area (TPSA) is 29.5 Å². The Morgan fingerprint density at radius 3 is 2.76 bits per heavy atom. The van der Waals surface area contributed by atoms with Gasteiger partial charge >= 0.3 is 6.09 Å². The van der Waals surface area contributed by atoms with Crippen LogP contribution in [-0.4, -0.2) is 24.1 Å². The average Bonchev–Trinajstić information content (AvgIpc) is 2.38. The summed E-state index contributed by atoms with van der Waals surface area (Å²) < 4.78 is 5.26. The Morgan fingerprint density at radius 1 is 1.35 bits per heavy atom. The summed E-state index contributed by atoms with van der Waals surface area (Å²) in [4.78, 5) is 13.5. The maximum absolute atomic E-state index is 11.8. The average molecular weight is 231 g/mol. The third-order valence-corrected chi connectivity index (χ3v) is 2.90. The van der Waals surface area contributed by atoms with Crippen LogP contribution in [0.25, 0.3) is 0 Å². The van der Waals surface area contributed by atoms with Gasteiger partial charge in [-0.1, -0.05) is 42.0 Å². The Balaban J connectivity index is 1.82. The van der Waals surface area contributed by atoms with Crippen LogP contribution in [0.3, 0.4) is 0 Å². The summed E-state index contributed by atoms with van der Waals surface area (Å²) in [6.45, 7) is 3.86. The van der Waals surface area contributed by atoms with Crippen molar-refractivity contribution in [3.8, 4) is 0 Å². The van der Waals surface area contributed by atoms with Gasteiger partial charge in [-0.15, -0.1) is 0 Å². The van der Waals surface area contributed by atoms with Crippen molar-refractivity contribution in [3.05, 3.63) is 47.5 Å². The second kappa shape index (κ2) is 5.53. The van der Waals surface area contributed by atoms with Gasteiger partial charge in [0.2, 0.25) is 0 Å². The van der Waals surface area contributed by atoms with Crippen LogP contribution in [0.1, 0.15) is 18.9 Å². The first kappa shape index (κ1) is 11.7. The maximum atomic E-state index is 11.8. The molecule has 90 valence electrons. The van der Waals surface area contributed by atoms with Gasteiger partial charge in [0, 0.05) is 13.1 Å². The summed E-state index contributed by atoms with van der Waals surface area (Å²) in [6.07, 6.45) is 2.80. The molecule has 3 nitrogen and oxygen atoms in total. The van der Waals surface area contributed by atoms with Gasteiger partial charge in [0.25, 0.3) is 0 Å². The SMILES string of the molecule is CC1=CCN(C(=O)OCc2ccccc2)CC1. The summed E-state index contributed by atoms with van der Waals surface area (Å²) >= 11 is 0. The number of rotatable bonds is 2. The Kier molecular flexibility index (Phi) is 3.81. The monoisotopic (exact) mass is 231 g/mol. The predicted octanol–water partition coefficient (Wildman–Crippen LogP) is 2.98. The molecule has 0 saturated carbocycles. The first-order chi connectivity index (χ1) is 8.25. The fraction of sp³-hybridized carbons (Fsp3) is 0.357. The number of benzene rings is 1. The minimum Gasteiger partial charge on any atom is -0.445 e. The molecule has 2 rings (SSSR count). The largest absolute Gasteiger partial charge is 0.445 e. The molecule has 1 amide bonds. The van der Waals surface area contributed by atoms with E-state index in [0.717, 1.165) is 18.5 Å². The molecule has 1 heterocycles. The molecular weight excluding hydrogens is 214 g/mol. The fourth-order valence-electron chi connectivity index (χ4n) is 1.75. The lowest BCUT2D eigenvalue weighted by atomic mass is 10.1. The standard InChI is InChI=1S/C14H17NO2/c1-12-7-9-15(10-8-12)14(16)17-11-13-5-3-2-4-6-13/h2-7H,8-11H2,1H3. The van der Waals surface area contributed by atoms with E-state index in [-0.39, 0.29) is 6.09 Å². The number of amides is 1. The van der Waals surface area contributed by atoms with E-state index in [0.29, 0.717) is 13.2 Å². The highest BCUT2D eigenvalue weighted by Gasteiger charge is 2.16. The van der Waals surface area contributed by atoms with Crippen LogP contribution in [0.4, 0.5) is 4.79 Å². The highest BCUT2D eigenvalue weighted by Crippen LogP contribution is 2.11. The molecule has 0 unspecified atom stereocenters. The first-order valence-electron chi connectivity index (χ1n) is 5.87. The van der Waals surface area contributed by atoms with Gasteiger partial charge in [0.1, 0.15) is 6.61 Å². The van der Waals surface area contributed by atoms with E-state index in [1.54, 1.807) is 4.90 Å².